The van der Waals surface area contributed by atoms with Crippen LogP contribution in [0, 0.1) is 23.2 Å². The van der Waals surface area contributed by atoms with Crippen LogP contribution >= 0.6 is 0 Å². The molecule has 0 aromatic carbocycles. The van der Waals surface area contributed by atoms with E-state index in [4.69, 9.17) is 9.47 Å². The predicted octanol–water partition coefficient (Wildman–Crippen LogP) is 3.07. The molecule has 6 atom stereocenters. The maximum Gasteiger partial charge on any atom is 0.303 e. The van der Waals surface area contributed by atoms with Gasteiger partial charge in [0.15, 0.2) is 0 Å². The lowest BCUT2D eigenvalue weighted by Crippen LogP contribution is -2.55. The molecule has 0 unspecified atom stereocenters. The van der Waals surface area contributed by atoms with Crippen molar-refractivity contribution < 1.29 is 23.9 Å². The highest BCUT2D eigenvalue weighted by Crippen LogP contribution is 2.58. The summed E-state index contributed by atoms with van der Waals surface area (Å²) in [4.78, 5) is 34.8. The average molecular weight is 336 g/mol. The van der Waals surface area contributed by atoms with Gasteiger partial charge in [-0.3, -0.25) is 9.59 Å². The second-order valence-electron chi connectivity index (χ2n) is 7.51. The summed E-state index contributed by atoms with van der Waals surface area (Å²) in [6.07, 6.45) is 3.11. The highest BCUT2D eigenvalue weighted by atomic mass is 16.6. The summed E-state index contributed by atoms with van der Waals surface area (Å²) in [5.74, 6) is -0.681. The zero-order valence-electron chi connectivity index (χ0n) is 15.0. The summed E-state index contributed by atoms with van der Waals surface area (Å²) in [6.45, 7) is 10.8. The molecule has 0 N–H and O–H groups in total. The first-order valence-corrected chi connectivity index (χ1v) is 8.66. The minimum atomic E-state index is -0.564. The quantitative estimate of drug-likeness (QED) is 0.448. The topological polar surface area (TPSA) is 69.7 Å². The number of rotatable bonds is 4. The molecule has 0 aromatic heterocycles. The first-order valence-electron chi connectivity index (χ1n) is 8.66. The number of hydrogen-bond acceptors (Lipinski definition) is 5. The second kappa shape index (κ2) is 7.08. The first-order chi connectivity index (χ1) is 11.2. The Morgan fingerprint density at radius 3 is 2.25 bits per heavy atom. The summed E-state index contributed by atoms with van der Waals surface area (Å²) in [5.41, 5.74) is 0.914. The summed E-state index contributed by atoms with van der Waals surface area (Å²) >= 11 is 0. The number of carbonyl (C=O) groups is 3. The number of hydrogen-bond donors (Lipinski definition) is 0. The van der Waals surface area contributed by atoms with E-state index in [1.54, 1.807) is 0 Å². The lowest BCUT2D eigenvalue weighted by molar-refractivity contribution is -0.190. The molecule has 0 amide bonds. The Morgan fingerprint density at radius 1 is 1.17 bits per heavy atom. The monoisotopic (exact) mass is 336 g/mol. The average Bonchev–Trinajstić information content (AvgIpc) is 2.93. The fraction of sp³-hybridized carbons (Fsp3) is 0.737. The molecular weight excluding hydrogens is 308 g/mol. The number of ether oxygens (including phenoxy) is 2. The molecule has 2 aliphatic rings. The molecule has 0 heterocycles. The highest BCUT2D eigenvalue weighted by Gasteiger charge is 2.57. The maximum atomic E-state index is 11.8. The Morgan fingerprint density at radius 2 is 1.79 bits per heavy atom. The van der Waals surface area contributed by atoms with Crippen molar-refractivity contribution >= 4 is 18.2 Å². The summed E-state index contributed by atoms with van der Waals surface area (Å²) in [7, 11) is 0. The molecule has 5 heteroatoms. The van der Waals surface area contributed by atoms with Crippen molar-refractivity contribution in [1.29, 1.82) is 0 Å². The number of allylic oxidation sites excluding steroid dienone is 1. The Kier molecular flexibility index (Phi) is 5.51. The van der Waals surface area contributed by atoms with Gasteiger partial charge in [-0.15, -0.1) is 0 Å². The van der Waals surface area contributed by atoms with E-state index in [2.05, 4.69) is 6.58 Å². The van der Waals surface area contributed by atoms with Crippen molar-refractivity contribution in [3.05, 3.63) is 12.2 Å². The van der Waals surface area contributed by atoms with Gasteiger partial charge in [-0.1, -0.05) is 19.1 Å². The normalized spacial score (nSPS) is 38.6. The van der Waals surface area contributed by atoms with Crippen molar-refractivity contribution in [3.63, 3.8) is 0 Å². The maximum absolute atomic E-state index is 11.8. The molecular formula is C19H28O5. The smallest absolute Gasteiger partial charge is 0.303 e. The molecule has 134 valence electrons. The molecule has 0 aromatic rings. The van der Waals surface area contributed by atoms with Gasteiger partial charge >= 0.3 is 11.9 Å². The SMILES string of the molecule is C=C(C)[C@@H]1CC[C@@]2(C1)[C@H](C)[C@@H](OC(C)=O)[C@H](OC(C)=O)C[C@@H]2C=O. The van der Waals surface area contributed by atoms with E-state index in [0.29, 0.717) is 12.3 Å². The second-order valence-corrected chi connectivity index (χ2v) is 7.51. The Hall–Kier alpha value is -1.65. The van der Waals surface area contributed by atoms with Crippen molar-refractivity contribution in [2.75, 3.05) is 0 Å². The molecule has 0 saturated heterocycles. The molecule has 5 nitrogen and oxygen atoms in total. The standard InChI is InChI=1S/C19H28O5/c1-11(2)15-6-7-19(9-15)12(3)18(24-14(5)22)17(23-13(4)21)8-16(19)10-20/h10,12,15-18H,1,6-9H2,2-5H3/t12-,15-,16-,17-,18-,19-/m1/s1. The molecule has 2 rings (SSSR count). The zero-order valence-corrected chi connectivity index (χ0v) is 15.0. The lowest BCUT2D eigenvalue weighted by Gasteiger charge is -2.50. The molecule has 0 bridgehead atoms. The van der Waals surface area contributed by atoms with Crippen LogP contribution in [0.25, 0.3) is 0 Å². The third-order valence-corrected chi connectivity index (χ3v) is 6.06. The molecule has 0 radical (unpaired) electrons. The minimum Gasteiger partial charge on any atom is -0.459 e. The largest absolute Gasteiger partial charge is 0.459 e. The van der Waals surface area contributed by atoms with Gasteiger partial charge in [0, 0.05) is 25.7 Å². The van der Waals surface area contributed by atoms with Crippen LogP contribution in [0.5, 0.6) is 0 Å². The van der Waals surface area contributed by atoms with Crippen LogP contribution in [-0.2, 0) is 23.9 Å². The van der Waals surface area contributed by atoms with E-state index in [1.165, 1.54) is 13.8 Å². The summed E-state index contributed by atoms with van der Waals surface area (Å²) in [6, 6.07) is 0. The van der Waals surface area contributed by atoms with E-state index >= 15 is 0 Å². The van der Waals surface area contributed by atoms with Crippen LogP contribution < -0.4 is 0 Å². The van der Waals surface area contributed by atoms with Gasteiger partial charge in [-0.25, -0.2) is 0 Å². The molecule has 2 saturated carbocycles. The van der Waals surface area contributed by atoms with Crippen molar-refractivity contribution in [2.24, 2.45) is 23.2 Å². The van der Waals surface area contributed by atoms with Crippen LogP contribution in [0.2, 0.25) is 0 Å². The van der Waals surface area contributed by atoms with Gasteiger partial charge in [0.2, 0.25) is 0 Å². The lowest BCUT2D eigenvalue weighted by atomic mass is 9.57. The number of aldehydes is 1. The highest BCUT2D eigenvalue weighted by molar-refractivity contribution is 5.68. The molecule has 2 aliphatic carbocycles. The van der Waals surface area contributed by atoms with Crippen molar-refractivity contribution in [1.82, 2.24) is 0 Å². The van der Waals surface area contributed by atoms with E-state index in [0.717, 1.165) is 31.1 Å². The Labute approximate surface area is 143 Å². The van der Waals surface area contributed by atoms with Crippen LogP contribution in [0.3, 0.4) is 0 Å². The summed E-state index contributed by atoms with van der Waals surface area (Å²) in [5, 5.41) is 0. The molecule has 1 spiro atoms. The van der Waals surface area contributed by atoms with E-state index in [9.17, 15) is 14.4 Å². The molecule has 2 fully saturated rings. The van der Waals surface area contributed by atoms with Crippen LogP contribution in [0.1, 0.15) is 53.4 Å². The van der Waals surface area contributed by atoms with Crippen LogP contribution in [0.15, 0.2) is 12.2 Å². The minimum absolute atomic E-state index is 0.0564. The fourth-order valence-electron chi connectivity index (χ4n) is 4.77. The Bertz CT molecular complexity index is 540. The van der Waals surface area contributed by atoms with Crippen molar-refractivity contribution in [3.8, 4) is 0 Å². The Balaban J connectivity index is 2.34. The van der Waals surface area contributed by atoms with Gasteiger partial charge in [0.25, 0.3) is 0 Å². The fourth-order valence-corrected chi connectivity index (χ4v) is 4.77. The van der Waals surface area contributed by atoms with E-state index < -0.39 is 24.1 Å². The van der Waals surface area contributed by atoms with E-state index in [-0.39, 0.29) is 17.3 Å². The van der Waals surface area contributed by atoms with Crippen molar-refractivity contribution in [2.45, 2.75) is 65.6 Å². The predicted molar refractivity (Wildman–Crippen MR) is 89.0 cm³/mol. The van der Waals surface area contributed by atoms with Gasteiger partial charge < -0.3 is 14.3 Å². The molecule has 24 heavy (non-hydrogen) atoms. The van der Waals surface area contributed by atoms with Gasteiger partial charge in [0.05, 0.1) is 0 Å². The van der Waals surface area contributed by atoms with Crippen LogP contribution in [0.4, 0.5) is 0 Å². The van der Waals surface area contributed by atoms with Gasteiger partial charge in [-0.05, 0) is 43.9 Å². The summed E-state index contributed by atoms with van der Waals surface area (Å²) < 4.78 is 10.9. The third kappa shape index (κ3) is 3.40. The van der Waals surface area contributed by atoms with Crippen LogP contribution in [-0.4, -0.2) is 30.4 Å². The van der Waals surface area contributed by atoms with Gasteiger partial charge in [0.1, 0.15) is 18.5 Å². The molecule has 0 aliphatic heterocycles. The number of esters is 2. The third-order valence-electron chi connectivity index (χ3n) is 6.06. The van der Waals surface area contributed by atoms with Gasteiger partial charge in [-0.2, -0.15) is 0 Å². The first kappa shape index (κ1) is 18.7. The zero-order chi connectivity index (χ0) is 18.1. The van der Waals surface area contributed by atoms with E-state index in [1.807, 2.05) is 13.8 Å². The number of carbonyl (C=O) groups excluding carboxylic acids is 3.